The van der Waals surface area contributed by atoms with Crippen molar-refractivity contribution in [2.45, 2.75) is 35.6 Å². The molecule has 1 aliphatic rings. The van der Waals surface area contributed by atoms with Gasteiger partial charge in [-0.25, -0.2) is 25.3 Å². The normalized spacial score (nSPS) is 22.4. The summed E-state index contributed by atoms with van der Waals surface area (Å²) in [5.41, 5.74) is -1.57. The number of thiocarbonyl (C=S) groups is 1. The first-order valence-corrected chi connectivity index (χ1v) is 12.4. The summed E-state index contributed by atoms with van der Waals surface area (Å²) in [7, 11) is -13.3. The first kappa shape index (κ1) is 22.0. The molecule has 1 saturated heterocycles. The third-order valence-corrected chi connectivity index (χ3v) is 8.06. The van der Waals surface area contributed by atoms with Gasteiger partial charge in [-0.05, 0) is 50.2 Å². The van der Waals surface area contributed by atoms with Gasteiger partial charge in [0.15, 0.2) is 14.9 Å². The van der Waals surface area contributed by atoms with Crippen LogP contribution in [0.4, 0.5) is 5.69 Å². The molecule has 1 aromatic rings. The fourth-order valence-electron chi connectivity index (χ4n) is 2.80. The molecule has 27 heavy (non-hydrogen) atoms. The van der Waals surface area contributed by atoms with Crippen LogP contribution in [0.15, 0.2) is 21.9 Å². The second-order valence-electron chi connectivity index (χ2n) is 6.49. The Morgan fingerprint density at radius 1 is 1.15 bits per heavy atom. The van der Waals surface area contributed by atoms with E-state index in [1.807, 2.05) is 0 Å². The van der Waals surface area contributed by atoms with E-state index >= 15 is 0 Å². The summed E-state index contributed by atoms with van der Waals surface area (Å²) in [6, 6.07) is 1.71. The van der Waals surface area contributed by atoms with E-state index in [2.05, 4.69) is 10.6 Å². The average Bonchev–Trinajstić information content (AvgIpc) is 2.71. The van der Waals surface area contributed by atoms with Gasteiger partial charge in [-0.2, -0.15) is 0 Å². The molecular weight excluding hydrogens is 440 g/mol. The van der Waals surface area contributed by atoms with Gasteiger partial charge in [0.05, 0.1) is 26.8 Å². The van der Waals surface area contributed by atoms with Gasteiger partial charge >= 0.3 is 0 Å². The molecule has 0 bridgehead atoms. The first-order chi connectivity index (χ1) is 12.0. The lowest BCUT2D eigenvalue weighted by Crippen LogP contribution is -2.48. The molecule has 0 radical (unpaired) electrons. The minimum atomic E-state index is -5.06. The van der Waals surface area contributed by atoms with Crippen LogP contribution in [0.5, 0.6) is 0 Å². The predicted molar refractivity (Wildman–Crippen MR) is 98.1 cm³/mol. The molecule has 0 amide bonds. The van der Waals surface area contributed by atoms with Crippen LogP contribution in [0.25, 0.3) is 0 Å². The Labute approximate surface area is 162 Å². The zero-order chi connectivity index (χ0) is 20.8. The zero-order valence-electron chi connectivity index (χ0n) is 14.2. The maximum Gasteiger partial charge on any atom is 0.171 e. The highest BCUT2D eigenvalue weighted by atomic mass is 32.2. The molecule has 2 rings (SSSR count). The van der Waals surface area contributed by atoms with Gasteiger partial charge in [0.1, 0.15) is 20.2 Å². The maximum absolute atomic E-state index is 11.6. The van der Waals surface area contributed by atoms with Gasteiger partial charge in [0, 0.05) is 5.69 Å². The molecule has 2 N–H and O–H groups in total. The molecular formula is C13H16N2O8S4-2. The number of anilines is 1. The highest BCUT2D eigenvalue weighted by Gasteiger charge is 2.38. The summed E-state index contributed by atoms with van der Waals surface area (Å²) in [5, 5.41) is 5.15. The van der Waals surface area contributed by atoms with Crippen molar-refractivity contribution in [1.29, 1.82) is 0 Å². The molecule has 1 heterocycles. The summed E-state index contributed by atoms with van der Waals surface area (Å²) in [4.78, 5) is -1.75. The molecule has 0 aliphatic carbocycles. The molecule has 0 aromatic heterocycles. The third-order valence-electron chi connectivity index (χ3n) is 4.03. The topological polar surface area (TPSA) is 173 Å². The standard InChI is InChI=1S/C13H18N2O8S4/c1-8-10(26(18,19)20)5-9(6-11(8)27(21,22)23)14-12(24)15-13(2)3-4-25(16,17)7-13/h5-6H,3-4,7H2,1-2H3,(H2,14,15,24)(H,18,19,20)(H,21,22,23)/p-2. The van der Waals surface area contributed by atoms with Crippen molar-refractivity contribution >= 4 is 53.1 Å². The summed E-state index contributed by atoms with van der Waals surface area (Å²) in [6.45, 7) is 2.65. The van der Waals surface area contributed by atoms with E-state index < -0.39 is 51.0 Å². The van der Waals surface area contributed by atoms with Gasteiger partial charge in [-0.1, -0.05) is 0 Å². The Bertz CT molecular complexity index is 1060. The number of hydrogen-bond donors (Lipinski definition) is 2. The fourth-order valence-corrected chi connectivity index (χ4v) is 6.83. The smallest absolute Gasteiger partial charge is 0.171 e. The van der Waals surface area contributed by atoms with Crippen molar-refractivity contribution in [2.24, 2.45) is 0 Å². The van der Waals surface area contributed by atoms with E-state index in [4.69, 9.17) is 12.2 Å². The third kappa shape index (κ3) is 5.36. The quantitative estimate of drug-likeness (QED) is 0.448. The molecule has 10 nitrogen and oxygen atoms in total. The molecule has 152 valence electrons. The predicted octanol–water partition coefficient (Wildman–Crippen LogP) is -0.333. The van der Waals surface area contributed by atoms with E-state index in [0.29, 0.717) is 0 Å². The minimum Gasteiger partial charge on any atom is -0.744 e. The molecule has 1 unspecified atom stereocenters. The number of sulfone groups is 1. The Morgan fingerprint density at radius 3 is 2.00 bits per heavy atom. The van der Waals surface area contributed by atoms with E-state index in [0.717, 1.165) is 19.1 Å². The van der Waals surface area contributed by atoms with Crippen LogP contribution in [0.2, 0.25) is 0 Å². The summed E-state index contributed by atoms with van der Waals surface area (Å²) in [6.07, 6.45) is 0.283. The highest BCUT2D eigenvalue weighted by molar-refractivity contribution is 7.91. The van der Waals surface area contributed by atoms with Crippen molar-refractivity contribution < 1.29 is 34.4 Å². The molecule has 1 aromatic carbocycles. The van der Waals surface area contributed by atoms with Crippen LogP contribution in [-0.4, -0.2) is 56.5 Å². The van der Waals surface area contributed by atoms with Gasteiger partial charge in [0.25, 0.3) is 0 Å². The first-order valence-electron chi connectivity index (χ1n) is 7.38. The lowest BCUT2D eigenvalue weighted by Gasteiger charge is -2.26. The second-order valence-corrected chi connectivity index (χ2v) is 11.8. The summed E-state index contributed by atoms with van der Waals surface area (Å²) < 4.78 is 91.5. The zero-order valence-corrected chi connectivity index (χ0v) is 17.4. The van der Waals surface area contributed by atoms with Gasteiger partial charge < -0.3 is 19.7 Å². The van der Waals surface area contributed by atoms with Crippen molar-refractivity contribution in [1.82, 2.24) is 5.32 Å². The lowest BCUT2D eigenvalue weighted by atomic mass is 10.0. The fraction of sp³-hybridized carbons (Fsp3) is 0.462. The molecule has 1 aliphatic heterocycles. The number of benzene rings is 1. The van der Waals surface area contributed by atoms with E-state index in [1.165, 1.54) is 0 Å². The molecule has 0 spiro atoms. The van der Waals surface area contributed by atoms with Crippen LogP contribution in [0.3, 0.4) is 0 Å². The largest absolute Gasteiger partial charge is 0.744 e. The number of hydrogen-bond acceptors (Lipinski definition) is 9. The highest BCUT2D eigenvalue weighted by Crippen LogP contribution is 2.28. The second kappa shape index (κ2) is 6.93. The Balaban J connectivity index is 2.38. The van der Waals surface area contributed by atoms with Gasteiger partial charge in [-0.3, -0.25) is 0 Å². The van der Waals surface area contributed by atoms with E-state index in [9.17, 15) is 34.4 Å². The molecule has 0 saturated carbocycles. The lowest BCUT2D eigenvalue weighted by molar-refractivity contribution is 0.459. The molecule has 1 fully saturated rings. The monoisotopic (exact) mass is 456 g/mol. The maximum atomic E-state index is 11.6. The van der Waals surface area contributed by atoms with Gasteiger partial charge in [-0.15, -0.1) is 0 Å². The molecule has 1 atom stereocenters. The van der Waals surface area contributed by atoms with Crippen molar-refractivity contribution in [3.63, 3.8) is 0 Å². The van der Waals surface area contributed by atoms with Crippen LogP contribution >= 0.6 is 12.2 Å². The van der Waals surface area contributed by atoms with Crippen molar-refractivity contribution in [3.8, 4) is 0 Å². The Kier molecular flexibility index (Phi) is 5.64. The van der Waals surface area contributed by atoms with Crippen LogP contribution in [-0.2, 0) is 30.1 Å². The van der Waals surface area contributed by atoms with Crippen molar-refractivity contribution in [3.05, 3.63) is 17.7 Å². The summed E-state index contributed by atoms with van der Waals surface area (Å²) >= 11 is 5.05. The Morgan fingerprint density at radius 2 is 1.63 bits per heavy atom. The Hall–Kier alpha value is -1.32. The summed E-state index contributed by atoms with van der Waals surface area (Å²) in [5.74, 6) is -0.198. The van der Waals surface area contributed by atoms with E-state index in [1.54, 1.807) is 6.92 Å². The average molecular weight is 457 g/mol. The number of rotatable bonds is 4. The van der Waals surface area contributed by atoms with Crippen LogP contribution < -0.4 is 10.6 Å². The van der Waals surface area contributed by atoms with Crippen LogP contribution in [0, 0.1) is 6.92 Å². The van der Waals surface area contributed by atoms with E-state index in [-0.39, 0.29) is 28.7 Å². The van der Waals surface area contributed by atoms with Crippen molar-refractivity contribution in [2.75, 3.05) is 16.8 Å². The SMILES string of the molecule is Cc1c(S(=O)(=O)[O-])cc(NC(=S)NC2(C)CCS(=O)(=O)C2)cc1S(=O)(=O)[O-]. The van der Waals surface area contributed by atoms with Gasteiger partial charge in [0.2, 0.25) is 0 Å². The van der Waals surface area contributed by atoms with Crippen LogP contribution in [0.1, 0.15) is 18.9 Å². The minimum absolute atomic E-state index is 0.0270. The molecule has 14 heteroatoms. The number of nitrogens with one attached hydrogen (secondary N) is 2.